The van der Waals surface area contributed by atoms with Crippen LogP contribution in [0.4, 0.5) is 0 Å². The summed E-state index contributed by atoms with van der Waals surface area (Å²) in [5.41, 5.74) is 1.03. The van der Waals surface area contributed by atoms with Crippen molar-refractivity contribution < 1.29 is 9.47 Å². The Labute approximate surface area is 154 Å². The van der Waals surface area contributed by atoms with E-state index in [9.17, 15) is 0 Å². The first-order chi connectivity index (χ1) is 10.1. The monoisotopic (exact) mass is 441 g/mol. The molecule has 1 aromatic rings. The predicted octanol–water partition coefficient (Wildman–Crippen LogP) is 2.85. The molecular formula is C15H25ClIN3O2. The summed E-state index contributed by atoms with van der Waals surface area (Å²) in [6.45, 7) is 3.24. The fourth-order valence-corrected chi connectivity index (χ4v) is 2.15. The highest BCUT2D eigenvalue weighted by Crippen LogP contribution is 2.19. The molecule has 22 heavy (non-hydrogen) atoms. The van der Waals surface area contributed by atoms with Gasteiger partial charge in [-0.3, -0.25) is 4.99 Å². The first-order valence-electron chi connectivity index (χ1n) is 6.85. The second-order valence-electron chi connectivity index (χ2n) is 4.73. The van der Waals surface area contributed by atoms with E-state index in [0.29, 0.717) is 24.1 Å². The van der Waals surface area contributed by atoms with Gasteiger partial charge < -0.3 is 20.1 Å². The lowest BCUT2D eigenvalue weighted by atomic mass is 10.1. The Morgan fingerprint density at radius 1 is 1.36 bits per heavy atom. The number of halogens is 2. The number of guanidine groups is 1. The smallest absolute Gasteiger partial charge is 0.191 e. The second-order valence-corrected chi connectivity index (χ2v) is 5.17. The summed E-state index contributed by atoms with van der Waals surface area (Å²) in [7, 11) is 5.08. The molecule has 0 heterocycles. The molecule has 0 fully saturated rings. The van der Waals surface area contributed by atoms with Crippen molar-refractivity contribution in [2.24, 2.45) is 4.99 Å². The Hall–Kier alpha value is -0.570. The van der Waals surface area contributed by atoms with Crippen molar-refractivity contribution in [1.29, 1.82) is 0 Å². The minimum atomic E-state index is -0.0972. The summed E-state index contributed by atoms with van der Waals surface area (Å²) in [5, 5.41) is 7.18. The first-order valence-corrected chi connectivity index (χ1v) is 7.22. The second kappa shape index (κ2) is 11.9. The molecule has 0 aliphatic carbocycles. The highest BCUT2D eigenvalue weighted by Gasteiger charge is 2.12. The molecule has 0 saturated carbocycles. The van der Waals surface area contributed by atoms with E-state index in [1.807, 2.05) is 31.2 Å². The number of rotatable bonds is 7. The Morgan fingerprint density at radius 3 is 2.64 bits per heavy atom. The van der Waals surface area contributed by atoms with E-state index in [2.05, 4.69) is 15.6 Å². The maximum absolute atomic E-state index is 6.01. The molecule has 2 N–H and O–H groups in total. The number of nitrogens with one attached hydrogen (secondary N) is 2. The summed E-state index contributed by atoms with van der Waals surface area (Å²) in [6, 6.07) is 7.83. The molecule has 1 rings (SSSR count). The third-order valence-electron chi connectivity index (χ3n) is 2.98. The molecule has 0 radical (unpaired) electrons. The van der Waals surface area contributed by atoms with Gasteiger partial charge in [-0.2, -0.15) is 0 Å². The van der Waals surface area contributed by atoms with Crippen LogP contribution in [0.3, 0.4) is 0 Å². The van der Waals surface area contributed by atoms with Gasteiger partial charge in [-0.25, -0.2) is 0 Å². The van der Waals surface area contributed by atoms with Crippen molar-refractivity contribution in [2.75, 3.05) is 34.4 Å². The molecule has 0 aliphatic heterocycles. The number of ether oxygens (including phenoxy) is 2. The molecule has 1 aromatic carbocycles. The summed E-state index contributed by atoms with van der Waals surface area (Å²) < 4.78 is 10.6. The molecular weight excluding hydrogens is 417 g/mol. The highest BCUT2D eigenvalue weighted by atomic mass is 127. The molecule has 0 spiro atoms. The van der Waals surface area contributed by atoms with Gasteiger partial charge in [0, 0.05) is 38.9 Å². The van der Waals surface area contributed by atoms with Crippen LogP contribution in [-0.2, 0) is 9.47 Å². The third-order valence-corrected chi connectivity index (χ3v) is 3.22. The number of hydrogen-bond acceptors (Lipinski definition) is 3. The van der Waals surface area contributed by atoms with Gasteiger partial charge in [-0.15, -0.1) is 24.0 Å². The van der Waals surface area contributed by atoms with Crippen LogP contribution in [0, 0.1) is 0 Å². The van der Waals surface area contributed by atoms with Crippen LogP contribution in [0.2, 0.25) is 5.02 Å². The Bertz CT molecular complexity index is 460. The third kappa shape index (κ3) is 7.62. The standard InChI is InChI=1S/C15H24ClN3O2.HI/c1-11(10-20-3)19-15(17-2)18-9-14(21-4)12-6-5-7-13(16)8-12;/h5-8,11,14H,9-10H2,1-4H3,(H2,17,18,19);1H. The molecule has 0 saturated heterocycles. The van der Waals surface area contributed by atoms with E-state index in [-0.39, 0.29) is 36.1 Å². The normalized spacial score (nSPS) is 14.0. The van der Waals surface area contributed by atoms with Crippen molar-refractivity contribution in [1.82, 2.24) is 10.6 Å². The predicted molar refractivity (Wildman–Crippen MR) is 102 cm³/mol. The molecule has 0 aliphatic rings. The van der Waals surface area contributed by atoms with Crippen molar-refractivity contribution in [3.05, 3.63) is 34.9 Å². The fraction of sp³-hybridized carbons (Fsp3) is 0.533. The molecule has 0 bridgehead atoms. The molecule has 126 valence electrons. The Balaban J connectivity index is 0.00000441. The zero-order valence-electron chi connectivity index (χ0n) is 13.4. The lowest BCUT2D eigenvalue weighted by Gasteiger charge is -2.21. The van der Waals surface area contributed by atoms with Gasteiger partial charge in [0.15, 0.2) is 5.96 Å². The first kappa shape index (κ1) is 21.4. The van der Waals surface area contributed by atoms with E-state index in [4.69, 9.17) is 21.1 Å². The molecule has 2 unspecified atom stereocenters. The molecule has 2 atom stereocenters. The van der Waals surface area contributed by atoms with Crippen molar-refractivity contribution in [3.8, 4) is 0 Å². The van der Waals surface area contributed by atoms with Crippen molar-refractivity contribution >= 4 is 41.5 Å². The molecule has 0 aromatic heterocycles. The van der Waals surface area contributed by atoms with Crippen LogP contribution >= 0.6 is 35.6 Å². The maximum Gasteiger partial charge on any atom is 0.191 e. The van der Waals surface area contributed by atoms with Crippen LogP contribution < -0.4 is 10.6 Å². The number of hydrogen-bond donors (Lipinski definition) is 2. The van der Waals surface area contributed by atoms with Gasteiger partial charge in [0.2, 0.25) is 0 Å². The molecule has 0 amide bonds. The average Bonchev–Trinajstić information content (AvgIpc) is 2.47. The number of methoxy groups -OCH3 is 2. The summed E-state index contributed by atoms with van der Waals surface area (Å²) in [5.74, 6) is 0.712. The number of benzene rings is 1. The lowest BCUT2D eigenvalue weighted by molar-refractivity contribution is 0.106. The SMILES string of the molecule is CN=C(NCC(OC)c1cccc(Cl)c1)NC(C)COC.I. The van der Waals surface area contributed by atoms with Crippen LogP contribution in [0.25, 0.3) is 0 Å². The topological polar surface area (TPSA) is 54.9 Å². The van der Waals surface area contributed by atoms with Crippen LogP contribution in [0.5, 0.6) is 0 Å². The Morgan fingerprint density at radius 2 is 2.09 bits per heavy atom. The van der Waals surface area contributed by atoms with Gasteiger partial charge in [0.25, 0.3) is 0 Å². The van der Waals surface area contributed by atoms with Crippen LogP contribution in [0.15, 0.2) is 29.3 Å². The highest BCUT2D eigenvalue weighted by molar-refractivity contribution is 14.0. The van der Waals surface area contributed by atoms with Crippen LogP contribution in [0.1, 0.15) is 18.6 Å². The van der Waals surface area contributed by atoms with E-state index in [1.165, 1.54) is 0 Å². The van der Waals surface area contributed by atoms with E-state index >= 15 is 0 Å². The summed E-state index contributed by atoms with van der Waals surface area (Å²) in [6.07, 6.45) is -0.0972. The number of nitrogens with zero attached hydrogens (tertiary/aromatic N) is 1. The summed E-state index contributed by atoms with van der Waals surface area (Å²) in [4.78, 5) is 4.19. The fourth-order valence-electron chi connectivity index (χ4n) is 1.95. The van der Waals surface area contributed by atoms with Crippen molar-refractivity contribution in [3.63, 3.8) is 0 Å². The minimum absolute atomic E-state index is 0. The van der Waals surface area contributed by atoms with Gasteiger partial charge in [-0.05, 0) is 24.6 Å². The van der Waals surface area contributed by atoms with Crippen LogP contribution in [-0.4, -0.2) is 46.4 Å². The van der Waals surface area contributed by atoms with Crippen molar-refractivity contribution in [2.45, 2.75) is 19.1 Å². The minimum Gasteiger partial charge on any atom is -0.383 e. The lowest BCUT2D eigenvalue weighted by Crippen LogP contribution is -2.45. The van der Waals surface area contributed by atoms with Gasteiger partial charge in [0.05, 0.1) is 12.7 Å². The van der Waals surface area contributed by atoms with E-state index < -0.39 is 0 Å². The average molecular weight is 442 g/mol. The largest absolute Gasteiger partial charge is 0.383 e. The van der Waals surface area contributed by atoms with Gasteiger partial charge in [0.1, 0.15) is 0 Å². The number of aliphatic imine (C=N–C) groups is 1. The summed E-state index contributed by atoms with van der Waals surface area (Å²) >= 11 is 6.01. The maximum atomic E-state index is 6.01. The van der Waals surface area contributed by atoms with Gasteiger partial charge in [-0.1, -0.05) is 23.7 Å². The van der Waals surface area contributed by atoms with E-state index in [0.717, 1.165) is 5.56 Å². The Kier molecular flexibility index (Phi) is 11.6. The van der Waals surface area contributed by atoms with Gasteiger partial charge >= 0.3 is 0 Å². The van der Waals surface area contributed by atoms with E-state index in [1.54, 1.807) is 21.3 Å². The zero-order valence-corrected chi connectivity index (χ0v) is 16.5. The molecule has 5 nitrogen and oxygen atoms in total. The molecule has 7 heteroatoms. The quantitative estimate of drug-likeness (QED) is 0.388. The zero-order chi connectivity index (χ0) is 15.7.